The number of nitrogens with one attached hydrogen (secondary N) is 2. The molecule has 30 heavy (non-hydrogen) atoms. The molecule has 3 aromatic heterocycles. The third kappa shape index (κ3) is 3.80. The lowest BCUT2D eigenvalue weighted by Crippen LogP contribution is -2.28. The van der Waals surface area contributed by atoms with E-state index < -0.39 is 0 Å². The van der Waals surface area contributed by atoms with Gasteiger partial charge >= 0.3 is 0 Å². The van der Waals surface area contributed by atoms with Gasteiger partial charge in [0.2, 0.25) is 0 Å². The SMILES string of the molecule is Cc1ncsc1-c1cc(Nc2ccncc2C(=O)N2CCCC2)c(N(C)C)[nH]c1=O. The fourth-order valence-electron chi connectivity index (χ4n) is 3.61. The van der Waals surface area contributed by atoms with E-state index in [4.69, 9.17) is 0 Å². The fourth-order valence-corrected chi connectivity index (χ4v) is 4.43. The van der Waals surface area contributed by atoms with Gasteiger partial charge in [-0.3, -0.25) is 14.6 Å². The molecule has 1 aliphatic rings. The Balaban J connectivity index is 1.77. The van der Waals surface area contributed by atoms with Gasteiger partial charge in [-0.25, -0.2) is 4.98 Å². The molecule has 9 heteroatoms. The lowest BCUT2D eigenvalue weighted by atomic mass is 10.1. The number of hydrogen-bond donors (Lipinski definition) is 2. The number of nitrogens with zero attached hydrogens (tertiary/aromatic N) is 4. The van der Waals surface area contributed by atoms with Crippen molar-refractivity contribution in [3.05, 3.63) is 51.6 Å². The molecule has 0 aliphatic carbocycles. The largest absolute Gasteiger partial charge is 0.362 e. The van der Waals surface area contributed by atoms with E-state index in [-0.39, 0.29) is 11.5 Å². The lowest BCUT2D eigenvalue weighted by molar-refractivity contribution is 0.0793. The summed E-state index contributed by atoms with van der Waals surface area (Å²) < 4.78 is 0. The van der Waals surface area contributed by atoms with Crippen LogP contribution < -0.4 is 15.8 Å². The van der Waals surface area contributed by atoms with Crippen molar-refractivity contribution in [3.63, 3.8) is 0 Å². The predicted octanol–water partition coefficient (Wildman–Crippen LogP) is 3.25. The zero-order valence-electron chi connectivity index (χ0n) is 17.2. The van der Waals surface area contributed by atoms with Gasteiger partial charge in [0.05, 0.1) is 38.6 Å². The highest BCUT2D eigenvalue weighted by Crippen LogP contribution is 2.32. The summed E-state index contributed by atoms with van der Waals surface area (Å²) in [6.45, 7) is 3.42. The average molecular weight is 425 g/mol. The molecule has 0 saturated carbocycles. The number of H-pyrrole nitrogens is 1. The second-order valence-corrected chi connectivity index (χ2v) is 8.34. The Kier molecular flexibility index (Phi) is 5.54. The fraction of sp³-hybridized carbons (Fsp3) is 0.333. The van der Waals surface area contributed by atoms with Gasteiger partial charge in [-0.2, -0.15) is 0 Å². The molecule has 1 aliphatic heterocycles. The highest BCUT2D eigenvalue weighted by molar-refractivity contribution is 7.13. The number of aromatic amines is 1. The Labute approximate surface area is 178 Å². The molecule has 3 aromatic rings. The minimum absolute atomic E-state index is 0.0301. The number of aromatic nitrogens is 3. The molecule has 4 rings (SSSR count). The molecule has 1 fully saturated rings. The molecule has 0 spiro atoms. The first kappa shape index (κ1) is 20.1. The Bertz CT molecular complexity index is 1130. The zero-order chi connectivity index (χ0) is 21.3. The number of aryl methyl sites for hydroxylation is 1. The molecule has 1 saturated heterocycles. The first-order valence-corrected chi connectivity index (χ1v) is 10.7. The molecule has 156 valence electrons. The van der Waals surface area contributed by atoms with Gasteiger partial charge in [-0.05, 0) is 31.9 Å². The summed E-state index contributed by atoms with van der Waals surface area (Å²) in [7, 11) is 3.72. The summed E-state index contributed by atoms with van der Waals surface area (Å²) in [5.41, 5.74) is 4.78. The van der Waals surface area contributed by atoms with Gasteiger partial charge < -0.3 is 20.1 Å². The normalized spacial score (nSPS) is 13.5. The van der Waals surface area contributed by atoms with E-state index in [1.54, 1.807) is 24.0 Å². The maximum absolute atomic E-state index is 13.0. The molecule has 2 N–H and O–H groups in total. The van der Waals surface area contributed by atoms with Crippen LogP contribution >= 0.6 is 11.3 Å². The van der Waals surface area contributed by atoms with E-state index in [9.17, 15) is 9.59 Å². The van der Waals surface area contributed by atoms with E-state index in [1.165, 1.54) is 11.3 Å². The number of carbonyl (C=O) groups excluding carboxylic acids is 1. The number of hydrogen-bond acceptors (Lipinski definition) is 7. The minimum Gasteiger partial charge on any atom is -0.362 e. The van der Waals surface area contributed by atoms with Crippen LogP contribution in [0.5, 0.6) is 0 Å². The van der Waals surface area contributed by atoms with Crippen LogP contribution in [0.3, 0.4) is 0 Å². The lowest BCUT2D eigenvalue weighted by Gasteiger charge is -2.21. The second kappa shape index (κ2) is 8.27. The third-order valence-electron chi connectivity index (χ3n) is 5.17. The van der Waals surface area contributed by atoms with Crippen molar-refractivity contribution in [3.8, 4) is 10.4 Å². The number of thiazole rings is 1. The van der Waals surface area contributed by atoms with Crippen LogP contribution in [0.4, 0.5) is 17.2 Å². The number of amides is 1. The van der Waals surface area contributed by atoms with Gasteiger partial charge in [-0.15, -0.1) is 11.3 Å². The van der Waals surface area contributed by atoms with Crippen LogP contribution in [0.1, 0.15) is 28.9 Å². The minimum atomic E-state index is -0.181. The van der Waals surface area contributed by atoms with E-state index in [1.807, 2.05) is 36.9 Å². The third-order valence-corrected chi connectivity index (χ3v) is 6.13. The van der Waals surface area contributed by atoms with Gasteiger partial charge in [0, 0.05) is 39.6 Å². The standard InChI is InChI=1S/C21H24N6O2S/c1-13-18(30-12-23-13)14-10-17(19(26(2)3)25-20(14)28)24-16-6-7-22-11-15(16)21(29)27-8-4-5-9-27/h6-7,10-12H,4-5,8-9H2,1-3H3,(H,22,24)(H,25,28). The second-order valence-electron chi connectivity index (χ2n) is 7.48. The first-order valence-electron chi connectivity index (χ1n) is 9.81. The van der Waals surface area contributed by atoms with Crippen molar-refractivity contribution in [2.45, 2.75) is 19.8 Å². The van der Waals surface area contributed by atoms with E-state index in [2.05, 4.69) is 20.3 Å². The molecular formula is C21H24N6O2S. The van der Waals surface area contributed by atoms with E-state index in [0.717, 1.165) is 36.5 Å². The summed E-state index contributed by atoms with van der Waals surface area (Å²) in [5, 5.41) is 3.36. The first-order chi connectivity index (χ1) is 14.5. The predicted molar refractivity (Wildman–Crippen MR) is 120 cm³/mol. The maximum atomic E-state index is 13.0. The molecule has 0 bridgehead atoms. The van der Waals surface area contributed by atoms with Crippen LogP contribution in [0, 0.1) is 6.92 Å². The van der Waals surface area contributed by atoms with Gasteiger partial charge in [0.15, 0.2) is 0 Å². The smallest absolute Gasteiger partial charge is 0.258 e. The Morgan fingerprint density at radius 1 is 1.27 bits per heavy atom. The average Bonchev–Trinajstić information content (AvgIpc) is 3.41. The molecule has 0 radical (unpaired) electrons. The highest BCUT2D eigenvalue weighted by atomic mass is 32.1. The molecule has 0 aromatic carbocycles. The zero-order valence-corrected chi connectivity index (χ0v) is 18.0. The van der Waals surface area contributed by atoms with Crippen molar-refractivity contribution in [2.24, 2.45) is 0 Å². The topological polar surface area (TPSA) is 94.2 Å². The van der Waals surface area contributed by atoms with Crippen LogP contribution in [0.2, 0.25) is 0 Å². The monoisotopic (exact) mass is 424 g/mol. The molecule has 8 nitrogen and oxygen atoms in total. The quantitative estimate of drug-likeness (QED) is 0.653. The Morgan fingerprint density at radius 3 is 2.70 bits per heavy atom. The number of carbonyl (C=O) groups is 1. The number of anilines is 3. The highest BCUT2D eigenvalue weighted by Gasteiger charge is 2.23. The summed E-state index contributed by atoms with van der Waals surface area (Å²) in [6, 6.07) is 3.60. The van der Waals surface area contributed by atoms with Gasteiger partial charge in [0.1, 0.15) is 5.82 Å². The van der Waals surface area contributed by atoms with Crippen molar-refractivity contribution in [1.82, 2.24) is 19.9 Å². The summed E-state index contributed by atoms with van der Waals surface area (Å²) in [6.07, 6.45) is 5.30. The van der Waals surface area contributed by atoms with Crippen molar-refractivity contribution in [1.29, 1.82) is 0 Å². The molecule has 0 unspecified atom stereocenters. The van der Waals surface area contributed by atoms with Gasteiger partial charge in [0.25, 0.3) is 11.5 Å². The molecule has 0 atom stereocenters. The maximum Gasteiger partial charge on any atom is 0.258 e. The molecule has 4 heterocycles. The Morgan fingerprint density at radius 2 is 2.03 bits per heavy atom. The number of likely N-dealkylation sites (tertiary alicyclic amines) is 1. The van der Waals surface area contributed by atoms with Gasteiger partial charge in [-0.1, -0.05) is 0 Å². The summed E-state index contributed by atoms with van der Waals surface area (Å²) >= 11 is 1.43. The van der Waals surface area contributed by atoms with Crippen LogP contribution in [-0.2, 0) is 0 Å². The van der Waals surface area contributed by atoms with E-state index in [0.29, 0.717) is 28.3 Å². The van der Waals surface area contributed by atoms with E-state index >= 15 is 0 Å². The summed E-state index contributed by atoms with van der Waals surface area (Å²) in [5.74, 6) is 0.597. The van der Waals surface area contributed by atoms with Crippen molar-refractivity contribution in [2.75, 3.05) is 37.4 Å². The molecular weight excluding hydrogens is 400 g/mol. The number of pyridine rings is 2. The van der Waals surface area contributed by atoms with Crippen LogP contribution in [0.15, 0.2) is 34.8 Å². The van der Waals surface area contributed by atoms with Crippen molar-refractivity contribution >= 4 is 34.4 Å². The summed E-state index contributed by atoms with van der Waals surface area (Å²) in [4.78, 5) is 41.6. The Hall–Kier alpha value is -3.20. The number of rotatable bonds is 5. The van der Waals surface area contributed by atoms with Crippen LogP contribution in [0.25, 0.3) is 10.4 Å². The molecule has 1 amide bonds. The van der Waals surface area contributed by atoms with Crippen molar-refractivity contribution < 1.29 is 4.79 Å². The van der Waals surface area contributed by atoms with Crippen LogP contribution in [-0.4, -0.2) is 52.9 Å².